The van der Waals surface area contributed by atoms with Gasteiger partial charge in [-0.3, -0.25) is 9.18 Å². The Hall–Kier alpha value is -0.650. The third-order valence-corrected chi connectivity index (χ3v) is 4.28. The minimum atomic E-state index is -1.26. The third kappa shape index (κ3) is 25.4. The fourth-order valence-corrected chi connectivity index (χ4v) is 2.70. The van der Waals surface area contributed by atoms with Crippen LogP contribution in [0.2, 0.25) is 0 Å². The second kappa shape index (κ2) is 24.4. The minimum absolute atomic E-state index is 0. The number of unbranched alkanes of at least 4 members (excludes halogenated alkanes) is 10. The van der Waals surface area contributed by atoms with E-state index in [0.29, 0.717) is 12.8 Å². The average Bonchev–Trinajstić information content (AvgIpc) is 2.65. The van der Waals surface area contributed by atoms with E-state index in [4.69, 9.17) is 0 Å². The predicted octanol–water partition coefficient (Wildman–Crippen LogP) is 1.40. The van der Waals surface area contributed by atoms with E-state index >= 15 is 0 Å². The zero-order valence-corrected chi connectivity index (χ0v) is 19.7. The van der Waals surface area contributed by atoms with Crippen LogP contribution in [0.3, 0.4) is 0 Å². The molecule has 0 rings (SSSR count). The van der Waals surface area contributed by atoms with Crippen LogP contribution in [0, 0.1) is 0 Å². The Balaban J connectivity index is 0. The molecule has 0 aromatic carbocycles. The number of halogens is 1. The molecular formula is C22H37FNNaO3. The smallest absolute Gasteiger partial charge is 0.548 e. The number of amides is 1. The summed E-state index contributed by atoms with van der Waals surface area (Å²) in [5.74, 6) is -1.50. The number of allylic oxidation sites excluding steroid dienone is 4. The van der Waals surface area contributed by atoms with Crippen LogP contribution in [0.5, 0.6) is 0 Å². The number of hydrogen-bond acceptors (Lipinski definition) is 3. The number of rotatable bonds is 19. The molecule has 1 amide bonds. The van der Waals surface area contributed by atoms with Gasteiger partial charge in [-0.25, -0.2) is 0 Å². The van der Waals surface area contributed by atoms with Gasteiger partial charge in [-0.2, -0.15) is 0 Å². The summed E-state index contributed by atoms with van der Waals surface area (Å²) in [6.45, 7) is -0.598. The van der Waals surface area contributed by atoms with E-state index in [2.05, 4.69) is 29.6 Å². The molecule has 156 valence electrons. The van der Waals surface area contributed by atoms with Gasteiger partial charge in [-0.05, 0) is 57.8 Å². The molecule has 0 bridgehead atoms. The second-order valence-electron chi connectivity index (χ2n) is 6.87. The number of alkyl halides is 1. The molecule has 0 aliphatic heterocycles. The van der Waals surface area contributed by atoms with Gasteiger partial charge in [-0.1, -0.05) is 50.0 Å². The maximum absolute atomic E-state index is 11.9. The maximum Gasteiger partial charge on any atom is 1.00 e. The number of aliphatic carboxylic acids is 1. The molecule has 0 aliphatic rings. The molecule has 0 spiro atoms. The number of carbonyl (C=O) groups is 2. The first-order valence-electron chi connectivity index (χ1n) is 10.5. The summed E-state index contributed by atoms with van der Waals surface area (Å²) in [7, 11) is 0. The number of carboxylic acids is 1. The second-order valence-corrected chi connectivity index (χ2v) is 6.87. The molecule has 0 unspecified atom stereocenters. The van der Waals surface area contributed by atoms with Crippen molar-refractivity contribution in [1.82, 2.24) is 5.32 Å². The first kappa shape index (κ1) is 29.6. The van der Waals surface area contributed by atoms with E-state index in [0.717, 1.165) is 44.9 Å². The summed E-state index contributed by atoms with van der Waals surface area (Å²) in [5, 5.41) is 12.5. The Labute approximate surface area is 192 Å². The first-order chi connectivity index (χ1) is 13.2. The van der Waals surface area contributed by atoms with Crippen LogP contribution in [0.25, 0.3) is 0 Å². The van der Waals surface area contributed by atoms with Crippen molar-refractivity contribution in [3.63, 3.8) is 0 Å². The fourth-order valence-electron chi connectivity index (χ4n) is 2.70. The first-order valence-corrected chi connectivity index (χ1v) is 10.5. The van der Waals surface area contributed by atoms with Crippen molar-refractivity contribution < 1.29 is 48.6 Å². The van der Waals surface area contributed by atoms with Crippen LogP contribution >= 0.6 is 0 Å². The largest absolute Gasteiger partial charge is 1.00 e. The van der Waals surface area contributed by atoms with Crippen molar-refractivity contribution in [2.24, 2.45) is 0 Å². The van der Waals surface area contributed by atoms with Gasteiger partial charge >= 0.3 is 29.6 Å². The minimum Gasteiger partial charge on any atom is -0.548 e. The van der Waals surface area contributed by atoms with Crippen LogP contribution in [0.1, 0.15) is 89.9 Å². The van der Waals surface area contributed by atoms with Gasteiger partial charge in [0.2, 0.25) is 5.91 Å². The summed E-state index contributed by atoms with van der Waals surface area (Å²) < 4.78 is 11.9. The summed E-state index contributed by atoms with van der Waals surface area (Å²) in [6.07, 6.45) is 23.1. The summed E-state index contributed by atoms with van der Waals surface area (Å²) in [5.41, 5.74) is 0. The average molecular weight is 406 g/mol. The van der Waals surface area contributed by atoms with Crippen molar-refractivity contribution in [1.29, 1.82) is 0 Å². The van der Waals surface area contributed by atoms with E-state index in [1.54, 1.807) is 0 Å². The molecule has 0 heterocycles. The monoisotopic (exact) mass is 405 g/mol. The van der Waals surface area contributed by atoms with Crippen LogP contribution in [0.4, 0.5) is 4.39 Å². The molecule has 1 N–H and O–H groups in total. The maximum atomic E-state index is 11.9. The van der Waals surface area contributed by atoms with E-state index in [9.17, 15) is 19.1 Å². The molecule has 28 heavy (non-hydrogen) atoms. The molecule has 4 nitrogen and oxygen atoms in total. The summed E-state index contributed by atoms with van der Waals surface area (Å²) >= 11 is 0. The van der Waals surface area contributed by atoms with Gasteiger partial charge in [0.25, 0.3) is 0 Å². The SMILES string of the molecule is O=C([O-])CNC(=O)CCC/C=C\CCCCCCC/C=C\CCCCCF.[Na+]. The zero-order chi connectivity index (χ0) is 20.0. The Kier molecular flexibility index (Phi) is 25.7. The van der Waals surface area contributed by atoms with Crippen LogP contribution in [-0.2, 0) is 9.59 Å². The third-order valence-electron chi connectivity index (χ3n) is 4.28. The van der Waals surface area contributed by atoms with Gasteiger partial charge in [0.1, 0.15) is 0 Å². The molecule has 6 heteroatoms. The van der Waals surface area contributed by atoms with E-state index in [1.165, 1.54) is 32.1 Å². The predicted molar refractivity (Wildman–Crippen MR) is 107 cm³/mol. The Morgan fingerprint density at radius 1 is 0.714 bits per heavy atom. The molecule has 0 aromatic heterocycles. The molecule has 0 radical (unpaired) electrons. The molecule has 0 fully saturated rings. The Bertz CT molecular complexity index is 428. The van der Waals surface area contributed by atoms with Gasteiger partial charge in [-0.15, -0.1) is 0 Å². The van der Waals surface area contributed by atoms with Crippen molar-refractivity contribution in [2.75, 3.05) is 13.2 Å². The van der Waals surface area contributed by atoms with Crippen LogP contribution in [0.15, 0.2) is 24.3 Å². The fraction of sp³-hybridized carbons (Fsp3) is 0.727. The van der Waals surface area contributed by atoms with Crippen molar-refractivity contribution in [2.45, 2.75) is 89.9 Å². The topological polar surface area (TPSA) is 69.2 Å². The van der Waals surface area contributed by atoms with Gasteiger partial charge in [0, 0.05) is 6.42 Å². The van der Waals surface area contributed by atoms with Crippen molar-refractivity contribution >= 4 is 11.9 Å². The molecule has 0 aliphatic carbocycles. The standard InChI is InChI=1S/C22H38FNO3.Na/c23-19-17-15-13-11-9-7-5-3-1-2-4-6-8-10-12-14-16-18-21(25)24-20-22(26)27;/h7,9-10,12H,1-6,8,11,13-20H2,(H,24,25)(H,26,27);/q;+1/p-1/b9-7-,12-10-;. The molecule has 0 atom stereocenters. The molecule has 0 aromatic rings. The summed E-state index contributed by atoms with van der Waals surface area (Å²) in [4.78, 5) is 21.5. The quantitative estimate of drug-likeness (QED) is 0.201. The molecule has 0 saturated heterocycles. The van der Waals surface area contributed by atoms with Gasteiger partial charge in [0.05, 0.1) is 19.2 Å². The number of carbonyl (C=O) groups excluding carboxylic acids is 2. The van der Waals surface area contributed by atoms with Crippen LogP contribution in [-0.4, -0.2) is 25.1 Å². The Morgan fingerprint density at radius 2 is 1.14 bits per heavy atom. The number of carboxylic acid groups (broad SMARTS) is 1. The van der Waals surface area contributed by atoms with Crippen molar-refractivity contribution in [3.8, 4) is 0 Å². The zero-order valence-electron chi connectivity index (χ0n) is 17.7. The Morgan fingerprint density at radius 3 is 1.61 bits per heavy atom. The van der Waals surface area contributed by atoms with Crippen LogP contribution < -0.4 is 40.0 Å². The van der Waals surface area contributed by atoms with Gasteiger partial charge in [0.15, 0.2) is 0 Å². The number of hydrogen-bond donors (Lipinski definition) is 1. The summed E-state index contributed by atoms with van der Waals surface area (Å²) in [6, 6.07) is 0. The van der Waals surface area contributed by atoms with Gasteiger partial charge < -0.3 is 15.2 Å². The van der Waals surface area contributed by atoms with E-state index in [1.807, 2.05) is 0 Å². The number of nitrogens with one attached hydrogen (secondary N) is 1. The normalized spacial score (nSPS) is 11.0. The molecular weight excluding hydrogens is 368 g/mol. The van der Waals surface area contributed by atoms with E-state index < -0.39 is 12.5 Å². The van der Waals surface area contributed by atoms with E-state index in [-0.39, 0.29) is 42.1 Å². The van der Waals surface area contributed by atoms with Crippen molar-refractivity contribution in [3.05, 3.63) is 24.3 Å². The molecule has 0 saturated carbocycles.